The molecule has 0 nitrogen and oxygen atoms in total. The number of hydrogen-bond acceptors (Lipinski definition) is 0. The number of rotatable bonds is 3. The van der Waals surface area contributed by atoms with Crippen LogP contribution in [0.25, 0.3) is 0 Å². The molecule has 0 aliphatic rings. The molecule has 0 radical (unpaired) electrons. The SMILES string of the molecule is C[As+](C)(C)CCc1ccccc1. The van der Waals surface area contributed by atoms with E-state index in [0.717, 1.165) is 0 Å². The van der Waals surface area contributed by atoms with Crippen molar-refractivity contribution in [3.8, 4) is 0 Å². The first-order chi connectivity index (χ1) is 5.58. The molecule has 12 heavy (non-hydrogen) atoms. The maximum atomic E-state index is 2.46. The van der Waals surface area contributed by atoms with E-state index >= 15 is 0 Å². The van der Waals surface area contributed by atoms with Crippen LogP contribution in [-0.4, -0.2) is 13.6 Å². The third-order valence-electron chi connectivity index (χ3n) is 1.91. The Kier molecular flexibility index (Phi) is 3.40. The van der Waals surface area contributed by atoms with E-state index in [1.165, 1.54) is 17.2 Å². The first-order valence-corrected chi connectivity index (χ1v) is 11.4. The second-order valence-corrected chi connectivity index (χ2v) is 14.8. The van der Waals surface area contributed by atoms with Gasteiger partial charge in [-0.3, -0.25) is 0 Å². The minimum absolute atomic E-state index is 1.15. The van der Waals surface area contributed by atoms with E-state index in [1.54, 1.807) is 0 Å². The van der Waals surface area contributed by atoms with Gasteiger partial charge in [-0.05, 0) is 0 Å². The molecule has 0 heterocycles. The topological polar surface area (TPSA) is 0 Å². The van der Waals surface area contributed by atoms with Crippen molar-refractivity contribution in [3.63, 3.8) is 0 Å². The molecule has 0 aliphatic heterocycles. The summed E-state index contributed by atoms with van der Waals surface area (Å²) in [4.78, 5) is 0. The molecule has 1 aromatic carbocycles. The van der Waals surface area contributed by atoms with Gasteiger partial charge in [0.2, 0.25) is 0 Å². The van der Waals surface area contributed by atoms with Crippen molar-refractivity contribution in [1.82, 2.24) is 0 Å². The summed E-state index contributed by atoms with van der Waals surface area (Å²) in [6.45, 7) is 0. The van der Waals surface area contributed by atoms with Crippen molar-refractivity contribution in [2.75, 3.05) is 0 Å². The van der Waals surface area contributed by atoms with Crippen LogP contribution in [0.3, 0.4) is 0 Å². The van der Waals surface area contributed by atoms with Crippen molar-refractivity contribution in [1.29, 1.82) is 0 Å². The molecular weight excluding hydrogens is 207 g/mol. The van der Waals surface area contributed by atoms with Crippen LogP contribution < -0.4 is 0 Å². The Morgan fingerprint density at radius 2 is 1.58 bits per heavy atom. The summed E-state index contributed by atoms with van der Waals surface area (Å²) >= 11 is -1.15. The van der Waals surface area contributed by atoms with Crippen LogP contribution in [-0.2, 0) is 6.42 Å². The zero-order valence-corrected chi connectivity index (χ0v) is 10.1. The third-order valence-corrected chi connectivity index (χ3v) is 5.20. The van der Waals surface area contributed by atoms with Crippen LogP contribution in [0.15, 0.2) is 30.3 Å². The van der Waals surface area contributed by atoms with E-state index < -0.39 is 13.6 Å². The summed E-state index contributed by atoms with van der Waals surface area (Å²) in [5.74, 6) is 0. The summed E-state index contributed by atoms with van der Waals surface area (Å²) in [5.41, 5.74) is 8.87. The molecule has 1 aromatic rings. The Morgan fingerprint density at radius 3 is 2.08 bits per heavy atom. The van der Waals surface area contributed by atoms with Gasteiger partial charge in [-0.1, -0.05) is 0 Å². The van der Waals surface area contributed by atoms with Crippen molar-refractivity contribution in [2.24, 2.45) is 0 Å². The summed E-state index contributed by atoms with van der Waals surface area (Å²) in [6.07, 6.45) is 1.28. The first-order valence-electron chi connectivity index (χ1n) is 4.42. The minimum atomic E-state index is -1.15. The van der Waals surface area contributed by atoms with Gasteiger partial charge in [-0.25, -0.2) is 0 Å². The maximum absolute atomic E-state index is 2.46. The van der Waals surface area contributed by atoms with E-state index in [4.69, 9.17) is 0 Å². The quantitative estimate of drug-likeness (QED) is 0.690. The van der Waals surface area contributed by atoms with Crippen LogP contribution in [0.2, 0.25) is 22.3 Å². The average molecular weight is 225 g/mol. The Balaban J connectivity index is 2.44. The molecule has 0 saturated carbocycles. The van der Waals surface area contributed by atoms with E-state index in [9.17, 15) is 0 Å². The summed E-state index contributed by atoms with van der Waals surface area (Å²) in [6, 6.07) is 10.8. The van der Waals surface area contributed by atoms with E-state index in [1.807, 2.05) is 0 Å². The molecule has 0 fully saturated rings. The molecule has 1 rings (SSSR count). The summed E-state index contributed by atoms with van der Waals surface area (Å²) in [5, 5.41) is 1.43. The molecule has 0 N–H and O–H groups in total. The molecule has 0 saturated heterocycles. The fourth-order valence-corrected chi connectivity index (χ4v) is 3.06. The third kappa shape index (κ3) is 3.97. The molecule has 1 heteroatoms. The number of hydrogen-bond donors (Lipinski definition) is 0. The van der Waals surface area contributed by atoms with Crippen LogP contribution in [0.5, 0.6) is 0 Å². The van der Waals surface area contributed by atoms with Gasteiger partial charge in [0, 0.05) is 0 Å². The molecule has 0 atom stereocenters. The van der Waals surface area contributed by atoms with Gasteiger partial charge in [-0.15, -0.1) is 0 Å². The molecule has 0 bridgehead atoms. The van der Waals surface area contributed by atoms with Crippen molar-refractivity contribution < 1.29 is 0 Å². The molecule has 0 unspecified atom stereocenters. The van der Waals surface area contributed by atoms with Gasteiger partial charge in [0.05, 0.1) is 0 Å². The zero-order chi connectivity index (χ0) is 9.03. The van der Waals surface area contributed by atoms with Gasteiger partial charge in [-0.2, -0.15) is 0 Å². The average Bonchev–Trinajstić information content (AvgIpc) is 2.02. The fourth-order valence-electron chi connectivity index (χ4n) is 1.11. The van der Waals surface area contributed by atoms with Crippen LogP contribution in [0.4, 0.5) is 0 Å². The van der Waals surface area contributed by atoms with Crippen LogP contribution in [0, 0.1) is 0 Å². The number of aryl methyl sites for hydroxylation is 1. The standard InChI is InChI=1S/C11H18As/c1-12(2,3)10-9-11-7-5-4-6-8-11/h4-8H,9-10H2,1-3H3/q+1. The summed E-state index contributed by atoms with van der Waals surface area (Å²) in [7, 11) is 0. The van der Waals surface area contributed by atoms with E-state index in [-0.39, 0.29) is 0 Å². The zero-order valence-electron chi connectivity index (χ0n) is 8.25. The Bertz CT molecular complexity index is 221. The van der Waals surface area contributed by atoms with Gasteiger partial charge >= 0.3 is 78.2 Å². The second kappa shape index (κ2) is 4.14. The number of benzene rings is 1. The molecule has 0 amide bonds. The Labute approximate surface area is 78.4 Å². The van der Waals surface area contributed by atoms with Gasteiger partial charge in [0.25, 0.3) is 0 Å². The second-order valence-electron chi connectivity index (χ2n) is 4.25. The van der Waals surface area contributed by atoms with Gasteiger partial charge in [0.15, 0.2) is 0 Å². The van der Waals surface area contributed by atoms with Gasteiger partial charge in [0.1, 0.15) is 0 Å². The molecular formula is C11H18As+. The molecule has 66 valence electrons. The van der Waals surface area contributed by atoms with Crippen LogP contribution >= 0.6 is 0 Å². The Morgan fingerprint density at radius 1 is 1.00 bits per heavy atom. The van der Waals surface area contributed by atoms with Crippen molar-refractivity contribution in [3.05, 3.63) is 35.9 Å². The normalized spacial score (nSPS) is 11.6. The fraction of sp³-hybridized carbons (Fsp3) is 0.455. The molecule has 0 spiro atoms. The Hall–Kier alpha value is -0.222. The molecule has 0 aliphatic carbocycles. The molecule has 0 aromatic heterocycles. The van der Waals surface area contributed by atoms with Crippen LogP contribution in [0.1, 0.15) is 5.56 Å². The van der Waals surface area contributed by atoms with Gasteiger partial charge < -0.3 is 0 Å². The summed E-state index contributed by atoms with van der Waals surface area (Å²) < 4.78 is 0. The first kappa shape index (κ1) is 9.86. The van der Waals surface area contributed by atoms with E-state index in [0.29, 0.717) is 0 Å². The predicted molar refractivity (Wildman–Crippen MR) is 58.3 cm³/mol. The van der Waals surface area contributed by atoms with E-state index in [2.05, 4.69) is 47.5 Å². The van der Waals surface area contributed by atoms with Crippen molar-refractivity contribution >= 4 is 13.6 Å². The predicted octanol–water partition coefficient (Wildman–Crippen LogP) is 3.57. The monoisotopic (exact) mass is 225 g/mol. The van der Waals surface area contributed by atoms with Crippen molar-refractivity contribution in [2.45, 2.75) is 28.8 Å².